The minimum absolute atomic E-state index is 0.159. The predicted molar refractivity (Wildman–Crippen MR) is 82.5 cm³/mol. The number of carbonyl (C=O) groups is 1. The van der Waals surface area contributed by atoms with Gasteiger partial charge in [-0.15, -0.1) is 0 Å². The quantitative estimate of drug-likeness (QED) is 0.766. The topological polar surface area (TPSA) is 86.7 Å². The van der Waals surface area contributed by atoms with Crippen LogP contribution in [0, 0.1) is 5.82 Å². The van der Waals surface area contributed by atoms with Gasteiger partial charge in [0, 0.05) is 9.86 Å². The van der Waals surface area contributed by atoms with E-state index in [4.69, 9.17) is 0 Å². The molecule has 1 atom stereocenters. The Kier molecular flexibility index (Phi) is 3.58. The fraction of sp³-hybridized carbons (Fsp3) is 0.154. The van der Waals surface area contributed by atoms with Gasteiger partial charge in [0.05, 0.1) is 12.6 Å². The normalized spacial score (nSPS) is 20.5. The van der Waals surface area contributed by atoms with Crippen molar-refractivity contribution in [2.24, 2.45) is 0 Å². The number of rotatable bonds is 2. The van der Waals surface area contributed by atoms with Crippen LogP contribution in [0.4, 0.5) is 10.1 Å². The number of hydrogen-bond acceptors (Lipinski definition) is 4. The Balaban J connectivity index is 2.25. The summed E-state index contributed by atoms with van der Waals surface area (Å²) in [4.78, 5) is 10.8. The lowest BCUT2D eigenvalue weighted by Gasteiger charge is -2.19. The Labute approximate surface area is 133 Å². The largest absolute Gasteiger partial charge is 0.506 e. The van der Waals surface area contributed by atoms with Crippen LogP contribution in [-0.2, 0) is 15.0 Å². The Morgan fingerprint density at radius 2 is 2.14 bits per heavy atom. The maximum atomic E-state index is 14.7. The van der Waals surface area contributed by atoms with Gasteiger partial charge in [-0.3, -0.25) is 0 Å². The van der Waals surface area contributed by atoms with Gasteiger partial charge in [-0.05, 0) is 23.6 Å². The molecule has 116 valence electrons. The lowest BCUT2D eigenvalue weighted by Crippen LogP contribution is -2.31. The summed E-state index contributed by atoms with van der Waals surface area (Å²) in [5.41, 5.74) is -0.470. The summed E-state index contributed by atoms with van der Waals surface area (Å²) in [6.45, 7) is -0.282. The van der Waals surface area contributed by atoms with Crippen LogP contribution in [0.5, 0.6) is 5.75 Å². The van der Waals surface area contributed by atoms with Gasteiger partial charge in [-0.1, -0.05) is 22.0 Å². The molecule has 22 heavy (non-hydrogen) atoms. The zero-order valence-corrected chi connectivity index (χ0v) is 13.4. The van der Waals surface area contributed by atoms with Crippen molar-refractivity contribution in [3.63, 3.8) is 0 Å². The molecule has 1 fully saturated rings. The molecule has 0 spiro atoms. The van der Waals surface area contributed by atoms with Crippen molar-refractivity contribution >= 4 is 48.9 Å². The molecule has 2 aromatic rings. The van der Waals surface area contributed by atoms with Gasteiger partial charge in [0.1, 0.15) is 17.7 Å². The van der Waals surface area contributed by atoms with Crippen LogP contribution in [0.1, 0.15) is 0 Å². The number of aldehydes is 1. The minimum atomic E-state index is -4.08. The first-order valence-electron chi connectivity index (χ1n) is 6.19. The molecular formula is C13H10BrFN2O4S. The van der Waals surface area contributed by atoms with Crippen LogP contribution in [0.15, 0.2) is 28.7 Å². The van der Waals surface area contributed by atoms with Gasteiger partial charge in [0.25, 0.3) is 0 Å². The molecule has 0 radical (unpaired) electrons. The van der Waals surface area contributed by atoms with Crippen LogP contribution in [0.25, 0.3) is 10.8 Å². The standard InChI is InChI=1S/C13H10BrFN2O4S/c14-8-2-1-7-3-11(19)13(12(15)10(7)4-8)17-5-9(6-18)16-22(17,20)21/h1-4,6,9,16,19H,5H2. The summed E-state index contributed by atoms with van der Waals surface area (Å²) < 4.78 is 42.1. The zero-order chi connectivity index (χ0) is 16.1. The molecule has 0 bridgehead atoms. The summed E-state index contributed by atoms with van der Waals surface area (Å²) >= 11 is 3.22. The molecule has 0 amide bonds. The number of benzene rings is 2. The van der Waals surface area contributed by atoms with Crippen LogP contribution in [0.2, 0.25) is 0 Å². The Bertz CT molecular complexity index is 887. The fourth-order valence-electron chi connectivity index (χ4n) is 2.39. The van der Waals surface area contributed by atoms with E-state index in [1.54, 1.807) is 12.1 Å². The first-order chi connectivity index (χ1) is 10.3. The van der Waals surface area contributed by atoms with Crippen molar-refractivity contribution in [1.82, 2.24) is 4.72 Å². The lowest BCUT2D eigenvalue weighted by atomic mass is 10.1. The third-order valence-electron chi connectivity index (χ3n) is 3.36. The first-order valence-corrected chi connectivity index (χ1v) is 8.43. The van der Waals surface area contributed by atoms with E-state index in [1.807, 2.05) is 0 Å². The number of halogens is 2. The summed E-state index contributed by atoms with van der Waals surface area (Å²) in [7, 11) is -4.08. The van der Waals surface area contributed by atoms with Gasteiger partial charge in [0.15, 0.2) is 5.82 Å². The highest BCUT2D eigenvalue weighted by Gasteiger charge is 2.38. The number of carbonyl (C=O) groups excluding carboxylic acids is 1. The van der Waals surface area contributed by atoms with Gasteiger partial charge in [-0.25, -0.2) is 8.70 Å². The maximum Gasteiger partial charge on any atom is 0.302 e. The van der Waals surface area contributed by atoms with E-state index in [0.29, 0.717) is 20.5 Å². The Morgan fingerprint density at radius 1 is 1.41 bits per heavy atom. The van der Waals surface area contributed by atoms with Gasteiger partial charge in [-0.2, -0.15) is 13.1 Å². The van der Waals surface area contributed by atoms with E-state index in [2.05, 4.69) is 20.7 Å². The molecular weight excluding hydrogens is 379 g/mol. The van der Waals surface area contributed by atoms with E-state index < -0.39 is 33.5 Å². The molecule has 1 aliphatic heterocycles. The zero-order valence-electron chi connectivity index (χ0n) is 11.0. The fourth-order valence-corrected chi connectivity index (χ4v) is 4.16. The number of phenols is 1. The molecule has 1 aliphatic rings. The van der Waals surface area contributed by atoms with E-state index in [-0.39, 0.29) is 11.9 Å². The molecule has 2 N–H and O–H groups in total. The molecule has 0 aromatic heterocycles. The van der Waals surface area contributed by atoms with E-state index in [9.17, 15) is 22.7 Å². The maximum absolute atomic E-state index is 14.7. The third-order valence-corrected chi connectivity index (χ3v) is 5.37. The van der Waals surface area contributed by atoms with E-state index in [1.165, 1.54) is 12.1 Å². The highest BCUT2D eigenvalue weighted by Crippen LogP contribution is 2.39. The Hall–Kier alpha value is -1.71. The molecule has 1 heterocycles. The van der Waals surface area contributed by atoms with Gasteiger partial charge >= 0.3 is 10.2 Å². The number of phenolic OH excluding ortho intramolecular Hbond substituents is 1. The smallest absolute Gasteiger partial charge is 0.302 e. The first kappa shape index (κ1) is 15.2. The van der Waals surface area contributed by atoms with Crippen molar-refractivity contribution in [2.75, 3.05) is 10.8 Å². The number of fused-ring (bicyclic) bond motifs is 1. The second kappa shape index (κ2) is 5.18. The van der Waals surface area contributed by atoms with Crippen molar-refractivity contribution in [2.45, 2.75) is 6.04 Å². The predicted octanol–water partition coefficient (Wildman–Crippen LogP) is 1.67. The molecule has 9 heteroatoms. The van der Waals surface area contributed by atoms with Crippen molar-refractivity contribution in [3.8, 4) is 5.75 Å². The van der Waals surface area contributed by atoms with E-state index >= 15 is 0 Å². The molecule has 3 rings (SSSR count). The van der Waals surface area contributed by atoms with Crippen LogP contribution >= 0.6 is 15.9 Å². The second-order valence-corrected chi connectivity index (χ2v) is 7.36. The Morgan fingerprint density at radius 3 is 2.77 bits per heavy atom. The molecule has 2 aromatic carbocycles. The monoisotopic (exact) mass is 388 g/mol. The van der Waals surface area contributed by atoms with Gasteiger partial charge in [0.2, 0.25) is 0 Å². The van der Waals surface area contributed by atoms with Crippen LogP contribution < -0.4 is 9.03 Å². The molecule has 0 saturated carbocycles. The second-order valence-electron chi connectivity index (χ2n) is 4.82. The van der Waals surface area contributed by atoms with Crippen LogP contribution in [-0.4, -0.2) is 32.4 Å². The molecule has 1 saturated heterocycles. The molecule has 0 aliphatic carbocycles. The number of nitrogens with one attached hydrogen (secondary N) is 1. The van der Waals surface area contributed by atoms with Crippen molar-refractivity contribution < 1.29 is 22.7 Å². The van der Waals surface area contributed by atoms with Crippen LogP contribution in [0.3, 0.4) is 0 Å². The highest BCUT2D eigenvalue weighted by molar-refractivity contribution is 9.10. The van der Waals surface area contributed by atoms with Crippen molar-refractivity contribution in [1.29, 1.82) is 0 Å². The summed E-state index contributed by atoms with van der Waals surface area (Å²) in [6.07, 6.45) is 0.421. The van der Waals surface area contributed by atoms with Gasteiger partial charge < -0.3 is 9.90 Å². The molecule has 1 unspecified atom stereocenters. The highest BCUT2D eigenvalue weighted by atomic mass is 79.9. The number of hydrogen-bond donors (Lipinski definition) is 2. The number of aromatic hydroxyl groups is 1. The average molecular weight is 389 g/mol. The summed E-state index contributed by atoms with van der Waals surface area (Å²) in [5, 5.41) is 10.6. The molecule has 6 nitrogen and oxygen atoms in total. The van der Waals surface area contributed by atoms with E-state index in [0.717, 1.165) is 0 Å². The average Bonchev–Trinajstić information content (AvgIpc) is 2.75. The minimum Gasteiger partial charge on any atom is -0.506 e. The number of nitrogens with zero attached hydrogens (tertiary/aromatic N) is 1. The van der Waals surface area contributed by atoms with Crippen molar-refractivity contribution in [3.05, 3.63) is 34.6 Å². The SMILES string of the molecule is O=CC1CN(c2c(O)cc3ccc(Br)cc3c2F)S(=O)(=O)N1. The summed E-state index contributed by atoms with van der Waals surface area (Å²) in [6, 6.07) is 5.06. The number of anilines is 1. The third kappa shape index (κ3) is 2.34. The lowest BCUT2D eigenvalue weighted by molar-refractivity contribution is -0.108. The summed E-state index contributed by atoms with van der Waals surface area (Å²) in [5.74, 6) is -1.38.